The molecule has 0 bridgehead atoms. The molecule has 1 aliphatic heterocycles. The molecule has 0 N–H and O–H groups in total. The number of fused-ring (bicyclic) bond motifs is 2. The van der Waals surface area contributed by atoms with Gasteiger partial charge in [-0.2, -0.15) is 0 Å². The van der Waals surface area contributed by atoms with E-state index in [0.717, 1.165) is 29.6 Å². The summed E-state index contributed by atoms with van der Waals surface area (Å²) in [6.45, 7) is 23.2. The second-order valence-corrected chi connectivity index (χ2v) is 20.6. The highest BCUT2D eigenvalue weighted by Crippen LogP contribution is 2.52. The number of rotatable bonds is 10. The Balaban J connectivity index is 1.42. The fraction of sp³-hybridized carbons (Fsp3) is 0.276. The molecule has 1 aliphatic rings. The van der Waals surface area contributed by atoms with Crippen LogP contribution in [0.5, 0.6) is 11.5 Å². The summed E-state index contributed by atoms with van der Waals surface area (Å²) in [5, 5.41) is 1.15. The standard InChI is InChI=1S/C58H61O2P/c1-40-33-41(2)35-49(34-40)59-61-53-39-48(56(5,6)44-25-17-12-18-26-44)37-51(57(7,8)45-27-19-13-20-28-45)50(53)32-31-42-36-47(55(3,4)43-23-15-11-16-24-43)38-52(54(42)60-61)58(9,10)46-29-21-14-22-30-46/h11-30,33-39H,31-32H2,1-10H3. The van der Waals surface area contributed by atoms with E-state index in [9.17, 15) is 0 Å². The highest BCUT2D eigenvalue weighted by atomic mass is 31.2. The Hall–Kier alpha value is -5.43. The summed E-state index contributed by atoms with van der Waals surface area (Å²) in [5.41, 5.74) is 13.8. The Labute approximate surface area is 367 Å². The lowest BCUT2D eigenvalue weighted by atomic mass is 9.70. The average molecular weight is 821 g/mol. The minimum Gasteiger partial charge on any atom is -0.435 e. The summed E-state index contributed by atoms with van der Waals surface area (Å²) in [5.74, 6) is 1.78. The Morgan fingerprint density at radius 3 is 1.31 bits per heavy atom. The average Bonchev–Trinajstić information content (AvgIpc) is 3.25. The number of aryl methyl sites for hydroxylation is 3. The summed E-state index contributed by atoms with van der Waals surface area (Å²) in [4.78, 5) is 0. The van der Waals surface area contributed by atoms with E-state index in [1.165, 1.54) is 66.8 Å². The van der Waals surface area contributed by atoms with Gasteiger partial charge in [0.25, 0.3) is 0 Å². The molecule has 61 heavy (non-hydrogen) atoms. The lowest BCUT2D eigenvalue weighted by Crippen LogP contribution is -2.31. The lowest BCUT2D eigenvalue weighted by Gasteiger charge is -2.38. The number of hydrogen-bond donors (Lipinski definition) is 0. The van der Waals surface area contributed by atoms with Gasteiger partial charge in [-0.15, -0.1) is 0 Å². The van der Waals surface area contributed by atoms with E-state index < -0.39 is 8.38 Å². The van der Waals surface area contributed by atoms with Crippen molar-refractivity contribution in [1.29, 1.82) is 0 Å². The van der Waals surface area contributed by atoms with E-state index in [-0.39, 0.29) is 21.7 Å². The largest absolute Gasteiger partial charge is 0.435 e. The second-order valence-electron chi connectivity index (χ2n) is 19.3. The Morgan fingerprint density at radius 2 is 0.836 bits per heavy atom. The maximum Gasteiger partial charge on any atom is 0.326 e. The first-order valence-corrected chi connectivity index (χ1v) is 23.1. The van der Waals surface area contributed by atoms with E-state index in [4.69, 9.17) is 9.05 Å². The molecule has 3 heteroatoms. The summed E-state index contributed by atoms with van der Waals surface area (Å²) in [6.07, 6.45) is 1.67. The predicted octanol–water partition coefficient (Wildman–Crippen LogP) is 14.8. The van der Waals surface area contributed by atoms with E-state index in [1.54, 1.807) is 0 Å². The zero-order chi connectivity index (χ0) is 43.2. The molecule has 0 saturated carbocycles. The van der Waals surface area contributed by atoms with Crippen LogP contribution >= 0.6 is 8.38 Å². The Bertz CT molecular complexity index is 2620. The molecule has 0 spiro atoms. The van der Waals surface area contributed by atoms with Gasteiger partial charge in [0.15, 0.2) is 0 Å². The van der Waals surface area contributed by atoms with Crippen molar-refractivity contribution < 1.29 is 9.05 Å². The van der Waals surface area contributed by atoms with Crippen molar-refractivity contribution in [3.05, 3.63) is 231 Å². The van der Waals surface area contributed by atoms with Crippen molar-refractivity contribution >= 4 is 13.7 Å². The zero-order valence-corrected chi connectivity index (χ0v) is 38.7. The smallest absolute Gasteiger partial charge is 0.326 e. The maximum absolute atomic E-state index is 7.75. The summed E-state index contributed by atoms with van der Waals surface area (Å²) in [6, 6.07) is 60.1. The van der Waals surface area contributed by atoms with Crippen LogP contribution in [0.1, 0.15) is 122 Å². The number of hydrogen-bond acceptors (Lipinski definition) is 2. The molecule has 1 unspecified atom stereocenters. The van der Waals surface area contributed by atoms with Gasteiger partial charge in [-0.25, -0.2) is 0 Å². The third kappa shape index (κ3) is 8.21. The molecule has 0 aromatic heterocycles. The fourth-order valence-corrected chi connectivity index (χ4v) is 11.0. The molecule has 8 rings (SSSR count). The quantitative estimate of drug-likeness (QED) is 0.128. The molecule has 2 nitrogen and oxygen atoms in total. The highest BCUT2D eigenvalue weighted by molar-refractivity contribution is 7.57. The first-order chi connectivity index (χ1) is 29.1. The van der Waals surface area contributed by atoms with E-state index >= 15 is 0 Å². The molecule has 0 saturated heterocycles. The van der Waals surface area contributed by atoms with Crippen LogP contribution in [0.3, 0.4) is 0 Å². The molecule has 0 fully saturated rings. The van der Waals surface area contributed by atoms with Gasteiger partial charge in [0.1, 0.15) is 11.5 Å². The maximum atomic E-state index is 7.75. The molecule has 1 heterocycles. The van der Waals surface area contributed by atoms with Crippen LogP contribution in [0.2, 0.25) is 0 Å². The topological polar surface area (TPSA) is 18.5 Å². The molecular formula is C58H61O2P. The molecular weight excluding hydrogens is 760 g/mol. The van der Waals surface area contributed by atoms with Gasteiger partial charge in [-0.05, 0) is 106 Å². The van der Waals surface area contributed by atoms with Crippen molar-refractivity contribution in [3.8, 4) is 11.5 Å². The number of benzene rings is 7. The van der Waals surface area contributed by atoms with E-state index in [2.05, 4.69) is 233 Å². The first kappa shape index (κ1) is 42.3. The molecule has 0 radical (unpaired) electrons. The van der Waals surface area contributed by atoms with Gasteiger partial charge >= 0.3 is 8.38 Å². The van der Waals surface area contributed by atoms with Crippen molar-refractivity contribution in [2.75, 3.05) is 0 Å². The normalized spacial score (nSPS) is 14.6. The Kier molecular flexibility index (Phi) is 11.4. The van der Waals surface area contributed by atoms with Gasteiger partial charge in [-0.1, -0.05) is 201 Å². The third-order valence-corrected chi connectivity index (χ3v) is 15.1. The van der Waals surface area contributed by atoms with Gasteiger partial charge in [-0.3, -0.25) is 0 Å². The molecule has 310 valence electrons. The van der Waals surface area contributed by atoms with Crippen molar-refractivity contribution in [1.82, 2.24) is 0 Å². The summed E-state index contributed by atoms with van der Waals surface area (Å²) < 4.78 is 15.1. The second kappa shape index (κ2) is 16.4. The van der Waals surface area contributed by atoms with Gasteiger partial charge in [0.2, 0.25) is 0 Å². The van der Waals surface area contributed by atoms with Crippen LogP contribution in [0, 0.1) is 13.8 Å². The van der Waals surface area contributed by atoms with Crippen LogP contribution in [0.15, 0.2) is 164 Å². The van der Waals surface area contributed by atoms with Crippen molar-refractivity contribution in [3.63, 3.8) is 0 Å². The minimum atomic E-state index is -1.70. The fourth-order valence-electron chi connectivity index (χ4n) is 9.41. The van der Waals surface area contributed by atoms with Crippen LogP contribution < -0.4 is 14.4 Å². The third-order valence-electron chi connectivity index (χ3n) is 13.6. The first-order valence-electron chi connectivity index (χ1n) is 21.9. The van der Waals surface area contributed by atoms with E-state index in [0.29, 0.717) is 0 Å². The van der Waals surface area contributed by atoms with Crippen LogP contribution in [0.4, 0.5) is 0 Å². The van der Waals surface area contributed by atoms with Crippen LogP contribution in [-0.2, 0) is 34.5 Å². The summed E-state index contributed by atoms with van der Waals surface area (Å²) in [7, 11) is -1.70. The zero-order valence-electron chi connectivity index (χ0n) is 37.8. The SMILES string of the molecule is Cc1cc(C)cc(OP2Oc3c(cc(C(C)(C)c4ccccc4)cc3C(C)(C)c3ccccc3)CCc3c2cc(C(C)(C)c2ccccc2)cc3C(C)(C)c2ccccc2)c1. The highest BCUT2D eigenvalue weighted by Gasteiger charge is 2.39. The Morgan fingerprint density at radius 1 is 0.426 bits per heavy atom. The monoisotopic (exact) mass is 820 g/mol. The van der Waals surface area contributed by atoms with Gasteiger partial charge in [0, 0.05) is 27.2 Å². The van der Waals surface area contributed by atoms with Gasteiger partial charge in [0.05, 0.1) is 5.30 Å². The van der Waals surface area contributed by atoms with Crippen LogP contribution in [-0.4, -0.2) is 0 Å². The molecule has 7 aromatic carbocycles. The molecule has 0 amide bonds. The van der Waals surface area contributed by atoms with E-state index in [1.807, 2.05) is 0 Å². The van der Waals surface area contributed by atoms with Crippen LogP contribution in [0.25, 0.3) is 0 Å². The molecule has 7 aromatic rings. The van der Waals surface area contributed by atoms with Crippen molar-refractivity contribution in [2.45, 2.75) is 104 Å². The van der Waals surface area contributed by atoms with Gasteiger partial charge < -0.3 is 9.05 Å². The molecule has 1 atom stereocenters. The predicted molar refractivity (Wildman–Crippen MR) is 258 cm³/mol. The van der Waals surface area contributed by atoms with Crippen molar-refractivity contribution in [2.24, 2.45) is 0 Å². The lowest BCUT2D eigenvalue weighted by molar-refractivity contribution is 0.478. The summed E-state index contributed by atoms with van der Waals surface area (Å²) >= 11 is 0. The molecule has 0 aliphatic carbocycles. The minimum absolute atomic E-state index is 0.253.